The third kappa shape index (κ3) is 5.54. The van der Waals surface area contributed by atoms with Crippen molar-refractivity contribution in [1.82, 2.24) is 4.98 Å². The van der Waals surface area contributed by atoms with Crippen LogP contribution in [-0.2, 0) is 6.42 Å². The van der Waals surface area contributed by atoms with Crippen molar-refractivity contribution in [2.45, 2.75) is 20.3 Å². The van der Waals surface area contributed by atoms with Crippen molar-refractivity contribution in [3.63, 3.8) is 0 Å². The van der Waals surface area contributed by atoms with Crippen LogP contribution in [0.5, 0.6) is 0 Å². The second-order valence-electron chi connectivity index (χ2n) is 8.94. The highest BCUT2D eigenvalue weighted by Crippen LogP contribution is 2.42. The number of halogens is 2. The number of hydrogen-bond donors (Lipinski definition) is 3. The molecule has 0 radical (unpaired) electrons. The number of hydrogen-bond acceptors (Lipinski definition) is 5. The van der Waals surface area contributed by atoms with Crippen molar-refractivity contribution in [2.24, 2.45) is 0 Å². The first-order valence-corrected chi connectivity index (χ1v) is 14.2. The number of pyridine rings is 1. The van der Waals surface area contributed by atoms with Gasteiger partial charge in [-0.3, -0.25) is 9.59 Å². The summed E-state index contributed by atoms with van der Waals surface area (Å²) < 4.78 is 0.896. The van der Waals surface area contributed by atoms with Crippen LogP contribution >= 0.6 is 38.9 Å². The van der Waals surface area contributed by atoms with E-state index in [1.165, 1.54) is 16.9 Å². The number of thiophene rings is 1. The predicted octanol–water partition coefficient (Wildman–Crippen LogP) is 8.34. The van der Waals surface area contributed by atoms with E-state index in [9.17, 15) is 9.59 Å². The molecule has 0 aliphatic rings. The Bertz CT molecular complexity index is 1700. The molecule has 2 heterocycles. The molecule has 5 aromatic rings. The molecule has 3 aromatic carbocycles. The maximum atomic E-state index is 13.7. The third-order valence-corrected chi connectivity index (χ3v) is 8.22. The Morgan fingerprint density at radius 2 is 1.51 bits per heavy atom. The lowest BCUT2D eigenvalue weighted by Crippen LogP contribution is -2.16. The Morgan fingerprint density at radius 1 is 0.923 bits per heavy atom. The maximum absolute atomic E-state index is 13.7. The van der Waals surface area contributed by atoms with Gasteiger partial charge in [0.15, 0.2) is 0 Å². The first-order valence-electron chi connectivity index (χ1n) is 12.2. The molecule has 0 atom stereocenters. The van der Waals surface area contributed by atoms with Gasteiger partial charge >= 0.3 is 0 Å². The number of nitrogen functional groups attached to an aromatic ring is 1. The van der Waals surface area contributed by atoms with Crippen LogP contribution in [0.4, 0.5) is 17.1 Å². The van der Waals surface area contributed by atoms with Crippen LogP contribution in [0.2, 0.25) is 5.02 Å². The van der Waals surface area contributed by atoms with E-state index in [0.717, 1.165) is 16.5 Å². The highest BCUT2D eigenvalue weighted by molar-refractivity contribution is 9.10. The van der Waals surface area contributed by atoms with Gasteiger partial charge in [0.1, 0.15) is 9.71 Å². The smallest absolute Gasteiger partial charge is 0.267 e. The van der Waals surface area contributed by atoms with Gasteiger partial charge in [0.25, 0.3) is 11.8 Å². The number of carbonyl (C=O) groups is 2. The molecular formula is C30H24BrClN4O2S. The van der Waals surface area contributed by atoms with Crippen LogP contribution in [0.3, 0.4) is 0 Å². The van der Waals surface area contributed by atoms with Gasteiger partial charge < -0.3 is 16.4 Å². The summed E-state index contributed by atoms with van der Waals surface area (Å²) in [5.74, 6) is -0.666. The highest BCUT2D eigenvalue weighted by atomic mass is 79.9. The van der Waals surface area contributed by atoms with Crippen LogP contribution in [0, 0.1) is 6.92 Å². The Hall–Kier alpha value is -3.72. The number of fused-ring (bicyclic) bond motifs is 1. The number of nitrogens with two attached hydrogens (primary N) is 1. The number of aryl methyl sites for hydroxylation is 2. The van der Waals surface area contributed by atoms with Gasteiger partial charge in [0.05, 0.1) is 16.9 Å². The average molecular weight is 620 g/mol. The van der Waals surface area contributed by atoms with E-state index in [0.29, 0.717) is 48.3 Å². The van der Waals surface area contributed by atoms with Gasteiger partial charge in [0, 0.05) is 31.8 Å². The summed E-state index contributed by atoms with van der Waals surface area (Å²) in [5, 5.41) is 7.02. The molecule has 4 N–H and O–H groups in total. The largest absolute Gasteiger partial charge is 0.397 e. The van der Waals surface area contributed by atoms with Crippen LogP contribution < -0.4 is 16.4 Å². The number of nitrogens with one attached hydrogen (secondary N) is 2. The van der Waals surface area contributed by atoms with E-state index < -0.39 is 0 Å². The van der Waals surface area contributed by atoms with Crippen LogP contribution in [-0.4, -0.2) is 16.8 Å². The zero-order valence-corrected chi connectivity index (χ0v) is 24.3. The fourth-order valence-corrected chi connectivity index (χ4v) is 5.79. The number of benzene rings is 3. The van der Waals surface area contributed by atoms with Gasteiger partial charge in [-0.25, -0.2) is 4.98 Å². The summed E-state index contributed by atoms with van der Waals surface area (Å²) >= 11 is 10.7. The molecule has 5 rings (SSSR count). The van der Waals surface area contributed by atoms with Crippen molar-refractivity contribution in [3.05, 3.63) is 104 Å². The molecule has 9 heteroatoms. The van der Waals surface area contributed by atoms with E-state index in [1.54, 1.807) is 31.2 Å². The lowest BCUT2D eigenvalue weighted by Gasteiger charge is -2.15. The van der Waals surface area contributed by atoms with Crippen molar-refractivity contribution in [1.29, 1.82) is 0 Å². The molecule has 2 aromatic heterocycles. The molecule has 0 aliphatic heterocycles. The summed E-state index contributed by atoms with van der Waals surface area (Å²) in [4.78, 5) is 32.6. The molecule has 196 valence electrons. The summed E-state index contributed by atoms with van der Waals surface area (Å²) in [6.07, 6.45) is 0.912. The lowest BCUT2D eigenvalue weighted by molar-refractivity contribution is 0.102. The minimum absolute atomic E-state index is 0.281. The van der Waals surface area contributed by atoms with Crippen LogP contribution in [0.1, 0.15) is 38.2 Å². The van der Waals surface area contributed by atoms with Gasteiger partial charge in [0.2, 0.25) is 0 Å². The summed E-state index contributed by atoms with van der Waals surface area (Å²) in [6.45, 7) is 3.86. The zero-order chi connectivity index (χ0) is 27.7. The Labute approximate surface area is 243 Å². The molecule has 0 spiro atoms. The van der Waals surface area contributed by atoms with E-state index in [4.69, 9.17) is 22.3 Å². The van der Waals surface area contributed by atoms with E-state index in [-0.39, 0.29) is 17.5 Å². The number of aromatic nitrogens is 1. The van der Waals surface area contributed by atoms with E-state index in [2.05, 4.69) is 33.5 Å². The molecule has 2 amide bonds. The second kappa shape index (κ2) is 11.2. The Morgan fingerprint density at radius 3 is 2.13 bits per heavy atom. The zero-order valence-electron chi connectivity index (χ0n) is 21.1. The minimum atomic E-state index is -0.338. The van der Waals surface area contributed by atoms with Crippen LogP contribution in [0.15, 0.2) is 77.3 Å². The minimum Gasteiger partial charge on any atom is -0.397 e. The maximum Gasteiger partial charge on any atom is 0.267 e. The van der Waals surface area contributed by atoms with Gasteiger partial charge in [-0.05, 0) is 73.0 Å². The molecule has 6 nitrogen and oxygen atoms in total. The molecule has 39 heavy (non-hydrogen) atoms. The molecule has 0 bridgehead atoms. The van der Waals surface area contributed by atoms with Gasteiger partial charge in [-0.2, -0.15) is 0 Å². The number of amides is 2. The third-order valence-electron chi connectivity index (χ3n) is 6.35. The highest BCUT2D eigenvalue weighted by Gasteiger charge is 2.27. The van der Waals surface area contributed by atoms with Crippen LogP contribution in [0.25, 0.3) is 21.3 Å². The number of anilines is 3. The molecular weight excluding hydrogens is 596 g/mol. The van der Waals surface area contributed by atoms with Crippen molar-refractivity contribution in [3.8, 4) is 11.1 Å². The second-order valence-corrected chi connectivity index (χ2v) is 11.3. The number of rotatable bonds is 6. The fraction of sp³-hybridized carbons (Fsp3) is 0.100. The summed E-state index contributed by atoms with van der Waals surface area (Å²) in [6, 6.07) is 22.2. The monoisotopic (exact) mass is 618 g/mol. The molecule has 0 aliphatic carbocycles. The standard InChI is InChI=1S/C30H24BrClN4O2S/c1-3-17-4-12-21(13-5-17)36-29(38)27-26(33)25-24(18-6-8-19(31)9-7-18)23(16(2)34-30(25)39-27)28(37)35-22-14-10-20(32)11-15-22/h4-15H,3,33H2,1-2H3,(H,35,37)(H,36,38). The Balaban J connectivity index is 1.63. The van der Waals surface area contributed by atoms with Crippen molar-refractivity contribution in [2.75, 3.05) is 16.4 Å². The van der Waals surface area contributed by atoms with E-state index in [1.807, 2.05) is 48.5 Å². The average Bonchev–Trinajstić information content (AvgIpc) is 3.25. The number of nitrogens with zero attached hydrogens (tertiary/aromatic N) is 1. The summed E-state index contributed by atoms with van der Waals surface area (Å²) in [5.41, 5.74) is 11.7. The van der Waals surface area contributed by atoms with Crippen molar-refractivity contribution >= 4 is 78.0 Å². The fourth-order valence-electron chi connectivity index (χ4n) is 4.36. The molecule has 0 saturated heterocycles. The quantitative estimate of drug-likeness (QED) is 0.178. The van der Waals surface area contributed by atoms with E-state index >= 15 is 0 Å². The Kier molecular flexibility index (Phi) is 7.70. The first kappa shape index (κ1) is 26.9. The van der Waals surface area contributed by atoms with Crippen molar-refractivity contribution < 1.29 is 9.59 Å². The predicted molar refractivity (Wildman–Crippen MR) is 165 cm³/mol. The van der Waals surface area contributed by atoms with Gasteiger partial charge in [-0.1, -0.05) is 58.7 Å². The molecule has 0 saturated carbocycles. The topological polar surface area (TPSA) is 97.1 Å². The summed E-state index contributed by atoms with van der Waals surface area (Å²) in [7, 11) is 0. The molecule has 0 fully saturated rings. The molecule has 0 unspecified atom stereocenters. The number of carbonyl (C=O) groups excluding carboxylic acids is 2. The lowest BCUT2D eigenvalue weighted by atomic mass is 9.94. The normalized spacial score (nSPS) is 11.0. The van der Waals surface area contributed by atoms with Gasteiger partial charge in [-0.15, -0.1) is 11.3 Å². The first-order chi connectivity index (χ1) is 18.7. The SMILES string of the molecule is CCc1ccc(NC(=O)c2sc3nc(C)c(C(=O)Nc4ccc(Cl)cc4)c(-c4ccc(Br)cc4)c3c2N)cc1.